The molecule has 0 spiro atoms. The number of aromatic amines is 1. The van der Waals surface area contributed by atoms with Gasteiger partial charge < -0.3 is 9.30 Å². The number of carbonyl (C=O) groups is 1. The number of aryl methyl sites for hydroxylation is 2. The minimum absolute atomic E-state index is 0.222. The van der Waals surface area contributed by atoms with Crippen molar-refractivity contribution in [2.75, 3.05) is 6.61 Å². The van der Waals surface area contributed by atoms with Gasteiger partial charge in [-0.25, -0.2) is 9.59 Å². The maximum absolute atomic E-state index is 11.4. The van der Waals surface area contributed by atoms with Crippen LogP contribution in [-0.2, 0) is 11.3 Å². The highest BCUT2D eigenvalue weighted by atomic mass is 35.5. The van der Waals surface area contributed by atoms with Gasteiger partial charge in [-0.2, -0.15) is 0 Å². The van der Waals surface area contributed by atoms with E-state index in [1.165, 1.54) is 10.8 Å². The van der Waals surface area contributed by atoms with E-state index < -0.39 is 11.1 Å². The number of ether oxygens (including phenoxy) is 1. The predicted octanol–water partition coefficient (Wildman–Crippen LogP) is 1.00. The standard InChI is InChI=1S/C10H13ClN2O4/c1-7-6-13(10(16)12-8(7)14)4-2-3-5-17-9(11)15/h6H,2-5H2,1H3,(H,12,14,16). The number of hydrogen-bond donors (Lipinski definition) is 1. The fourth-order valence-electron chi connectivity index (χ4n) is 1.32. The van der Waals surface area contributed by atoms with Crippen LogP contribution in [0.1, 0.15) is 18.4 Å². The van der Waals surface area contributed by atoms with Crippen LogP contribution in [-0.4, -0.2) is 21.6 Å². The van der Waals surface area contributed by atoms with E-state index >= 15 is 0 Å². The topological polar surface area (TPSA) is 81.2 Å². The molecule has 0 aliphatic heterocycles. The average molecular weight is 261 g/mol. The molecule has 0 amide bonds. The lowest BCUT2D eigenvalue weighted by Gasteiger charge is -2.05. The number of carbonyl (C=O) groups excluding carboxylic acids is 1. The van der Waals surface area contributed by atoms with Gasteiger partial charge in [0.15, 0.2) is 0 Å². The molecule has 0 bridgehead atoms. The van der Waals surface area contributed by atoms with E-state index in [9.17, 15) is 14.4 Å². The molecular weight excluding hydrogens is 248 g/mol. The molecule has 0 atom stereocenters. The Balaban J connectivity index is 2.47. The molecule has 6 nitrogen and oxygen atoms in total. The van der Waals surface area contributed by atoms with Gasteiger partial charge in [-0.3, -0.25) is 9.78 Å². The number of aromatic nitrogens is 2. The third kappa shape index (κ3) is 4.44. The highest BCUT2D eigenvalue weighted by Gasteiger charge is 2.01. The Morgan fingerprint density at radius 1 is 1.47 bits per heavy atom. The summed E-state index contributed by atoms with van der Waals surface area (Å²) in [5.41, 5.74) is -1.16. The summed E-state index contributed by atoms with van der Waals surface area (Å²) >= 11 is 4.98. The number of nitrogens with zero attached hydrogens (tertiary/aromatic N) is 1. The summed E-state index contributed by atoms with van der Waals surface area (Å²) in [6, 6.07) is 0. The second-order valence-electron chi connectivity index (χ2n) is 3.56. The van der Waals surface area contributed by atoms with Gasteiger partial charge in [0.05, 0.1) is 6.61 Å². The van der Waals surface area contributed by atoms with Crippen LogP contribution in [0.5, 0.6) is 0 Å². The normalized spacial score (nSPS) is 10.2. The molecule has 1 heterocycles. The van der Waals surface area contributed by atoms with Crippen LogP contribution in [0.25, 0.3) is 0 Å². The van der Waals surface area contributed by atoms with E-state index in [0.717, 1.165) is 0 Å². The molecule has 94 valence electrons. The minimum atomic E-state index is -0.831. The number of nitrogens with one attached hydrogen (secondary N) is 1. The van der Waals surface area contributed by atoms with Crippen LogP contribution in [0.15, 0.2) is 15.8 Å². The second-order valence-corrected chi connectivity index (χ2v) is 3.87. The zero-order valence-electron chi connectivity index (χ0n) is 9.36. The molecule has 0 saturated heterocycles. The van der Waals surface area contributed by atoms with E-state index in [-0.39, 0.29) is 12.2 Å². The van der Waals surface area contributed by atoms with Crippen LogP contribution >= 0.6 is 11.6 Å². The molecule has 0 aliphatic rings. The number of hydrogen-bond acceptors (Lipinski definition) is 4. The largest absolute Gasteiger partial charge is 0.454 e. The third-order valence-electron chi connectivity index (χ3n) is 2.20. The summed E-state index contributed by atoms with van der Waals surface area (Å²) in [5, 5.41) is 0. The molecular formula is C10H13ClN2O4. The van der Waals surface area contributed by atoms with Crippen molar-refractivity contribution in [1.29, 1.82) is 0 Å². The van der Waals surface area contributed by atoms with E-state index in [0.29, 0.717) is 24.9 Å². The monoisotopic (exact) mass is 260 g/mol. The van der Waals surface area contributed by atoms with Crippen LogP contribution in [0.4, 0.5) is 4.79 Å². The van der Waals surface area contributed by atoms with Gasteiger partial charge in [0, 0.05) is 29.9 Å². The van der Waals surface area contributed by atoms with E-state index in [2.05, 4.69) is 9.72 Å². The first-order valence-electron chi connectivity index (χ1n) is 5.13. The predicted molar refractivity (Wildman–Crippen MR) is 62.5 cm³/mol. The molecule has 1 rings (SSSR count). The quantitative estimate of drug-likeness (QED) is 0.633. The van der Waals surface area contributed by atoms with Crippen LogP contribution in [0, 0.1) is 6.92 Å². The molecule has 0 saturated carbocycles. The lowest BCUT2D eigenvalue weighted by molar-refractivity contribution is 0.170. The fraction of sp³-hybridized carbons (Fsp3) is 0.500. The van der Waals surface area contributed by atoms with Crippen LogP contribution in [0.3, 0.4) is 0 Å². The van der Waals surface area contributed by atoms with Gasteiger partial charge in [0.1, 0.15) is 0 Å². The Morgan fingerprint density at radius 2 is 2.18 bits per heavy atom. The maximum Gasteiger partial charge on any atom is 0.403 e. The van der Waals surface area contributed by atoms with Crippen molar-refractivity contribution in [3.63, 3.8) is 0 Å². The summed E-state index contributed by atoms with van der Waals surface area (Å²) in [7, 11) is 0. The Kier molecular flexibility index (Phi) is 4.96. The van der Waals surface area contributed by atoms with Crippen LogP contribution in [0.2, 0.25) is 0 Å². The number of unbranched alkanes of at least 4 members (excludes halogenated alkanes) is 1. The number of rotatable bonds is 5. The first-order valence-corrected chi connectivity index (χ1v) is 5.51. The SMILES string of the molecule is Cc1cn(CCCCOC(=O)Cl)c(=O)[nH]c1=O. The second kappa shape index (κ2) is 6.24. The zero-order chi connectivity index (χ0) is 12.8. The lowest BCUT2D eigenvalue weighted by Crippen LogP contribution is -2.30. The fourth-order valence-corrected chi connectivity index (χ4v) is 1.40. The van der Waals surface area contributed by atoms with Crippen molar-refractivity contribution in [3.8, 4) is 0 Å². The van der Waals surface area contributed by atoms with Gasteiger partial charge in [-0.05, 0) is 19.8 Å². The van der Waals surface area contributed by atoms with E-state index in [1.54, 1.807) is 6.92 Å². The average Bonchev–Trinajstić information content (AvgIpc) is 2.24. The van der Waals surface area contributed by atoms with Crippen molar-refractivity contribution in [3.05, 3.63) is 32.6 Å². The molecule has 1 aromatic rings. The molecule has 0 radical (unpaired) electrons. The molecule has 0 aromatic carbocycles. The third-order valence-corrected chi connectivity index (χ3v) is 2.31. The molecule has 1 N–H and O–H groups in total. The summed E-state index contributed by atoms with van der Waals surface area (Å²) in [6.45, 7) is 2.31. The van der Waals surface area contributed by atoms with Gasteiger partial charge in [0.2, 0.25) is 0 Å². The van der Waals surface area contributed by atoms with Gasteiger partial charge >= 0.3 is 11.1 Å². The molecule has 0 fully saturated rings. The summed E-state index contributed by atoms with van der Waals surface area (Å²) in [6.07, 6.45) is 2.76. The van der Waals surface area contributed by atoms with E-state index in [1.807, 2.05) is 0 Å². The lowest BCUT2D eigenvalue weighted by atomic mass is 10.3. The Bertz CT molecular complexity index is 506. The Hall–Kier alpha value is -1.56. The molecule has 1 aromatic heterocycles. The highest BCUT2D eigenvalue weighted by molar-refractivity contribution is 6.61. The molecule has 7 heteroatoms. The molecule has 0 unspecified atom stereocenters. The van der Waals surface area contributed by atoms with Crippen molar-refractivity contribution < 1.29 is 9.53 Å². The Labute approximate surface area is 102 Å². The molecule has 0 aliphatic carbocycles. The van der Waals surface area contributed by atoms with Crippen molar-refractivity contribution in [2.45, 2.75) is 26.3 Å². The molecule has 17 heavy (non-hydrogen) atoms. The zero-order valence-corrected chi connectivity index (χ0v) is 10.1. The number of H-pyrrole nitrogens is 1. The maximum atomic E-state index is 11.4. The Morgan fingerprint density at radius 3 is 2.82 bits per heavy atom. The van der Waals surface area contributed by atoms with Gasteiger partial charge in [-0.1, -0.05) is 0 Å². The smallest absolute Gasteiger partial charge is 0.403 e. The van der Waals surface area contributed by atoms with Crippen molar-refractivity contribution >= 4 is 17.0 Å². The van der Waals surface area contributed by atoms with Crippen molar-refractivity contribution in [1.82, 2.24) is 9.55 Å². The van der Waals surface area contributed by atoms with Crippen LogP contribution < -0.4 is 11.2 Å². The van der Waals surface area contributed by atoms with Crippen molar-refractivity contribution in [2.24, 2.45) is 0 Å². The first kappa shape index (κ1) is 13.5. The minimum Gasteiger partial charge on any atom is -0.454 e. The van der Waals surface area contributed by atoms with E-state index in [4.69, 9.17) is 11.6 Å². The number of halogens is 1. The summed E-state index contributed by atoms with van der Waals surface area (Å²) < 4.78 is 5.95. The van der Waals surface area contributed by atoms with Gasteiger partial charge in [-0.15, -0.1) is 0 Å². The summed E-state index contributed by atoms with van der Waals surface area (Å²) in [4.78, 5) is 34.9. The summed E-state index contributed by atoms with van der Waals surface area (Å²) in [5.74, 6) is 0. The van der Waals surface area contributed by atoms with Gasteiger partial charge in [0.25, 0.3) is 5.56 Å². The first-order chi connectivity index (χ1) is 8.00. The highest BCUT2D eigenvalue weighted by Crippen LogP contribution is 1.96.